The van der Waals surface area contributed by atoms with E-state index in [1.165, 1.54) is 0 Å². The van der Waals surface area contributed by atoms with E-state index in [4.69, 9.17) is 9.26 Å². The molecule has 2 aromatic heterocycles. The molecule has 3 rings (SSSR count). The average molecular weight is 315 g/mol. The van der Waals surface area contributed by atoms with Crippen LogP contribution in [-0.2, 0) is 4.74 Å². The van der Waals surface area contributed by atoms with E-state index in [9.17, 15) is 4.79 Å². The summed E-state index contributed by atoms with van der Waals surface area (Å²) in [4.78, 5) is 18.2. The van der Waals surface area contributed by atoms with Gasteiger partial charge in [-0.1, -0.05) is 24.6 Å². The number of unbranched alkanes of at least 4 members (excludes halogenated alkanes) is 1. The molecule has 0 aromatic carbocycles. The Morgan fingerprint density at radius 3 is 3.13 bits per heavy atom. The molecule has 3 heterocycles. The first-order valence-corrected chi connectivity index (χ1v) is 8.11. The van der Waals surface area contributed by atoms with Crippen molar-refractivity contribution in [2.75, 3.05) is 13.2 Å². The quantitative estimate of drug-likeness (QED) is 0.785. The van der Waals surface area contributed by atoms with E-state index >= 15 is 0 Å². The molecule has 6 heteroatoms. The monoisotopic (exact) mass is 315 g/mol. The average Bonchev–Trinajstić information content (AvgIpc) is 3.25. The number of nitrogens with zero attached hydrogens (tertiary/aromatic N) is 3. The predicted molar refractivity (Wildman–Crippen MR) is 84.7 cm³/mol. The van der Waals surface area contributed by atoms with E-state index in [2.05, 4.69) is 17.1 Å². The number of likely N-dealkylation sites (tertiary alicyclic amines) is 1. The summed E-state index contributed by atoms with van der Waals surface area (Å²) < 4.78 is 10.8. The lowest BCUT2D eigenvalue weighted by Crippen LogP contribution is -2.31. The zero-order chi connectivity index (χ0) is 16.1. The van der Waals surface area contributed by atoms with Crippen LogP contribution in [0.3, 0.4) is 0 Å². The molecule has 0 spiro atoms. The van der Waals surface area contributed by atoms with Crippen LogP contribution in [0, 0.1) is 0 Å². The van der Waals surface area contributed by atoms with Gasteiger partial charge in [-0.2, -0.15) is 0 Å². The van der Waals surface area contributed by atoms with Crippen LogP contribution < -0.4 is 0 Å². The summed E-state index contributed by atoms with van der Waals surface area (Å²) in [5.41, 5.74) is 1.45. The number of ether oxygens (including phenoxy) is 1. The second-order valence-electron chi connectivity index (χ2n) is 5.65. The predicted octanol–water partition coefficient (Wildman–Crippen LogP) is 3.81. The number of pyridine rings is 1. The van der Waals surface area contributed by atoms with E-state index in [0.29, 0.717) is 24.6 Å². The van der Waals surface area contributed by atoms with Crippen LogP contribution in [0.2, 0.25) is 0 Å². The molecule has 0 bridgehead atoms. The molecule has 2 aromatic rings. The van der Waals surface area contributed by atoms with Gasteiger partial charge in [-0.05, 0) is 31.4 Å². The summed E-state index contributed by atoms with van der Waals surface area (Å²) in [5, 5.41) is 4.08. The third kappa shape index (κ3) is 3.52. The third-order valence-electron chi connectivity index (χ3n) is 3.99. The molecule has 122 valence electrons. The third-order valence-corrected chi connectivity index (χ3v) is 3.99. The Hall–Kier alpha value is -2.37. The van der Waals surface area contributed by atoms with Crippen LogP contribution in [0.1, 0.15) is 44.4 Å². The highest BCUT2D eigenvalue weighted by Crippen LogP contribution is 2.34. The van der Waals surface area contributed by atoms with Crippen molar-refractivity contribution in [2.45, 2.75) is 38.6 Å². The van der Waals surface area contributed by atoms with Gasteiger partial charge in [0.1, 0.15) is 5.69 Å². The number of carbonyl (C=O) groups excluding carboxylic acids is 1. The zero-order valence-electron chi connectivity index (χ0n) is 13.3. The molecule has 1 amide bonds. The number of rotatable bonds is 5. The van der Waals surface area contributed by atoms with Crippen molar-refractivity contribution in [2.24, 2.45) is 0 Å². The van der Waals surface area contributed by atoms with Gasteiger partial charge in [-0.25, -0.2) is 4.79 Å². The molecule has 1 fully saturated rings. The normalized spacial score (nSPS) is 17.4. The smallest absolute Gasteiger partial charge is 0.410 e. The van der Waals surface area contributed by atoms with Crippen molar-refractivity contribution in [1.82, 2.24) is 15.0 Å². The Kier molecular flexibility index (Phi) is 4.90. The van der Waals surface area contributed by atoms with Gasteiger partial charge in [-0.15, -0.1) is 0 Å². The molecule has 23 heavy (non-hydrogen) atoms. The van der Waals surface area contributed by atoms with E-state index in [1.54, 1.807) is 11.1 Å². The van der Waals surface area contributed by atoms with Gasteiger partial charge in [-0.3, -0.25) is 9.88 Å². The summed E-state index contributed by atoms with van der Waals surface area (Å²) in [6.07, 6.45) is 5.14. The first-order valence-electron chi connectivity index (χ1n) is 8.11. The molecule has 0 aliphatic carbocycles. The van der Waals surface area contributed by atoms with Gasteiger partial charge >= 0.3 is 6.09 Å². The largest absolute Gasteiger partial charge is 0.449 e. The van der Waals surface area contributed by atoms with Crippen molar-refractivity contribution in [3.63, 3.8) is 0 Å². The molecule has 1 atom stereocenters. The second-order valence-corrected chi connectivity index (χ2v) is 5.65. The standard InChI is InChI=1S/C17H21N3O3/c1-2-3-11-22-17(21)20-10-6-8-15(20)16-12-14(19-23-16)13-7-4-5-9-18-13/h4-5,7,9,12,15H,2-3,6,8,10-11H2,1H3. The van der Waals surface area contributed by atoms with Gasteiger partial charge in [0.2, 0.25) is 0 Å². The van der Waals surface area contributed by atoms with E-state index in [1.807, 2.05) is 24.3 Å². The summed E-state index contributed by atoms with van der Waals surface area (Å²) >= 11 is 0. The van der Waals surface area contributed by atoms with Gasteiger partial charge in [0, 0.05) is 18.8 Å². The topological polar surface area (TPSA) is 68.5 Å². The molecule has 6 nitrogen and oxygen atoms in total. The maximum absolute atomic E-state index is 12.2. The molecule has 1 aliphatic rings. The molecule has 0 N–H and O–H groups in total. The fraction of sp³-hybridized carbons (Fsp3) is 0.471. The molecular weight excluding hydrogens is 294 g/mol. The molecule has 0 radical (unpaired) electrons. The Labute approximate surface area is 135 Å². The van der Waals surface area contributed by atoms with Crippen LogP contribution >= 0.6 is 0 Å². The highest BCUT2D eigenvalue weighted by Gasteiger charge is 2.34. The van der Waals surface area contributed by atoms with Crippen LogP contribution in [0.15, 0.2) is 35.0 Å². The number of hydrogen-bond acceptors (Lipinski definition) is 5. The highest BCUT2D eigenvalue weighted by molar-refractivity contribution is 5.68. The molecule has 1 unspecified atom stereocenters. The van der Waals surface area contributed by atoms with Crippen LogP contribution in [-0.4, -0.2) is 34.3 Å². The highest BCUT2D eigenvalue weighted by atomic mass is 16.6. The summed E-state index contributed by atoms with van der Waals surface area (Å²) in [6.45, 7) is 3.23. The van der Waals surface area contributed by atoms with E-state index in [0.717, 1.165) is 31.4 Å². The van der Waals surface area contributed by atoms with Crippen molar-refractivity contribution in [3.05, 3.63) is 36.2 Å². The Morgan fingerprint density at radius 2 is 2.35 bits per heavy atom. The van der Waals surface area contributed by atoms with Gasteiger partial charge in [0.05, 0.1) is 18.3 Å². The lowest BCUT2D eigenvalue weighted by Gasteiger charge is -2.21. The SMILES string of the molecule is CCCCOC(=O)N1CCCC1c1cc(-c2ccccn2)no1. The number of carbonyl (C=O) groups is 1. The Bertz CT molecular complexity index is 642. The first-order chi connectivity index (χ1) is 11.3. The summed E-state index contributed by atoms with van der Waals surface area (Å²) in [6, 6.07) is 7.41. The fourth-order valence-electron chi connectivity index (χ4n) is 2.75. The van der Waals surface area contributed by atoms with E-state index < -0.39 is 0 Å². The lowest BCUT2D eigenvalue weighted by atomic mass is 10.1. The fourth-order valence-corrected chi connectivity index (χ4v) is 2.75. The van der Waals surface area contributed by atoms with Gasteiger partial charge in [0.15, 0.2) is 5.76 Å². The van der Waals surface area contributed by atoms with Gasteiger partial charge < -0.3 is 9.26 Å². The summed E-state index contributed by atoms with van der Waals surface area (Å²) in [5.74, 6) is 0.690. The van der Waals surface area contributed by atoms with Crippen molar-refractivity contribution >= 4 is 6.09 Å². The van der Waals surface area contributed by atoms with Crippen LogP contribution in [0.5, 0.6) is 0 Å². The molecular formula is C17H21N3O3. The minimum absolute atomic E-state index is 0.103. The minimum atomic E-state index is -0.267. The minimum Gasteiger partial charge on any atom is -0.449 e. The molecule has 1 saturated heterocycles. The first kappa shape index (κ1) is 15.5. The Balaban J connectivity index is 1.71. The molecule has 1 aliphatic heterocycles. The maximum Gasteiger partial charge on any atom is 0.410 e. The summed E-state index contributed by atoms with van der Waals surface area (Å²) in [7, 11) is 0. The number of aromatic nitrogens is 2. The van der Waals surface area contributed by atoms with E-state index in [-0.39, 0.29) is 12.1 Å². The Morgan fingerprint density at radius 1 is 1.43 bits per heavy atom. The lowest BCUT2D eigenvalue weighted by molar-refractivity contribution is 0.0921. The maximum atomic E-state index is 12.2. The second kappa shape index (κ2) is 7.26. The van der Waals surface area contributed by atoms with Crippen molar-refractivity contribution in [1.29, 1.82) is 0 Å². The number of amides is 1. The van der Waals surface area contributed by atoms with Crippen LogP contribution in [0.25, 0.3) is 11.4 Å². The molecule has 0 saturated carbocycles. The van der Waals surface area contributed by atoms with Crippen molar-refractivity contribution < 1.29 is 14.1 Å². The number of hydrogen-bond donors (Lipinski definition) is 0. The van der Waals surface area contributed by atoms with Crippen LogP contribution in [0.4, 0.5) is 4.79 Å². The van der Waals surface area contributed by atoms with Gasteiger partial charge in [0.25, 0.3) is 0 Å². The van der Waals surface area contributed by atoms with Crippen molar-refractivity contribution in [3.8, 4) is 11.4 Å². The zero-order valence-corrected chi connectivity index (χ0v) is 13.3.